The lowest BCUT2D eigenvalue weighted by atomic mass is 10.1. The molecule has 3 rings (SSSR count). The molecule has 5 nitrogen and oxygen atoms in total. The highest BCUT2D eigenvalue weighted by Crippen LogP contribution is 2.48. The minimum Gasteiger partial charge on any atom is -1.00 e. The number of anilines is 1. The van der Waals surface area contributed by atoms with Crippen LogP contribution in [0, 0.1) is 0 Å². The molecule has 0 radical (unpaired) electrons. The number of hydrogen-bond acceptors (Lipinski definition) is 4. The predicted octanol–water partition coefficient (Wildman–Crippen LogP) is 6.92. The van der Waals surface area contributed by atoms with Gasteiger partial charge in [0.2, 0.25) is 5.52 Å². The van der Waals surface area contributed by atoms with Crippen LogP contribution in [-0.4, -0.2) is 32.5 Å². The minimum absolute atomic E-state index is 0. The fourth-order valence-corrected chi connectivity index (χ4v) is 7.10. The van der Waals surface area contributed by atoms with E-state index in [2.05, 4.69) is 96.3 Å². The number of nitrogens with zero attached hydrogens (tertiary/aromatic N) is 2. The van der Waals surface area contributed by atoms with Crippen molar-refractivity contribution in [1.82, 2.24) is 0 Å². The first kappa shape index (κ1) is 37.2. The Hall–Kier alpha value is -1.98. The van der Waals surface area contributed by atoms with Crippen molar-refractivity contribution in [2.75, 3.05) is 37.4 Å². The molecule has 0 unspecified atom stereocenters. The van der Waals surface area contributed by atoms with E-state index in [0.717, 1.165) is 26.1 Å². The number of aromatic nitrogens is 1. The van der Waals surface area contributed by atoms with Gasteiger partial charge in [-0.25, -0.2) is 0 Å². The number of unbranched alkanes of at least 4 members (excludes halogenated alkanes) is 6. The summed E-state index contributed by atoms with van der Waals surface area (Å²) in [6, 6.07) is 19.7. The van der Waals surface area contributed by atoms with Gasteiger partial charge in [0.25, 0.3) is 0 Å². The first-order valence-electron chi connectivity index (χ1n) is 16.4. The second-order valence-electron chi connectivity index (χ2n) is 11.0. The zero-order valence-corrected chi connectivity index (χ0v) is 29.5. The largest absolute Gasteiger partial charge is 1.00 e. The van der Waals surface area contributed by atoms with E-state index in [1.54, 1.807) is 0 Å². The number of benzene rings is 2. The molecular weight excluding hydrogens is 619 g/mol. The van der Waals surface area contributed by atoms with Crippen LogP contribution in [0.4, 0.5) is 5.69 Å². The quantitative estimate of drug-likeness (QED) is 0.0700. The fraction of sp³-hybridized carbons (Fsp3) is 0.528. The van der Waals surface area contributed by atoms with Gasteiger partial charge in [-0.15, -0.1) is 0 Å². The summed E-state index contributed by atoms with van der Waals surface area (Å²) in [7, 11) is -3.03. The average molecular weight is 674 g/mol. The molecule has 0 bridgehead atoms. The molecule has 0 fully saturated rings. The summed E-state index contributed by atoms with van der Waals surface area (Å²) in [5, 5.41) is 1.20. The Morgan fingerprint density at radius 1 is 0.744 bits per heavy atom. The first-order chi connectivity index (χ1) is 20.5. The molecule has 2 aromatic carbocycles. The summed E-state index contributed by atoms with van der Waals surface area (Å²) in [5.41, 5.74) is 4.90. The summed E-state index contributed by atoms with van der Waals surface area (Å²) >= 11 is 0. The van der Waals surface area contributed by atoms with E-state index in [4.69, 9.17) is 9.05 Å². The van der Waals surface area contributed by atoms with Crippen LogP contribution >= 0.6 is 7.60 Å². The van der Waals surface area contributed by atoms with Crippen LogP contribution < -0.4 is 26.4 Å². The Kier molecular flexibility index (Phi) is 18.1. The molecule has 43 heavy (non-hydrogen) atoms. The molecule has 3 aromatic rings. The number of halogens is 1. The third-order valence-electron chi connectivity index (χ3n) is 7.72. The highest BCUT2D eigenvalue weighted by molar-refractivity contribution is 7.53. The van der Waals surface area contributed by atoms with E-state index in [1.807, 2.05) is 13.8 Å². The lowest BCUT2D eigenvalue weighted by molar-refractivity contribution is -0.671. The van der Waals surface area contributed by atoms with Gasteiger partial charge in [0, 0.05) is 37.3 Å². The Bertz CT molecular complexity index is 1240. The van der Waals surface area contributed by atoms with Gasteiger partial charge >= 0.3 is 7.60 Å². The first-order valence-corrected chi connectivity index (χ1v) is 18.1. The van der Waals surface area contributed by atoms with E-state index in [1.165, 1.54) is 79.1 Å². The van der Waals surface area contributed by atoms with Gasteiger partial charge in [0.1, 0.15) is 6.54 Å². The van der Waals surface area contributed by atoms with Crippen LogP contribution in [0.15, 0.2) is 60.8 Å². The molecule has 0 atom stereocenters. The molecular formula is C36H54BrN2O3P. The molecule has 0 spiro atoms. The second kappa shape index (κ2) is 20.9. The van der Waals surface area contributed by atoms with Crippen LogP contribution in [-0.2, 0) is 20.2 Å². The second-order valence-corrected chi connectivity index (χ2v) is 13.2. The highest BCUT2D eigenvalue weighted by Gasteiger charge is 2.24. The van der Waals surface area contributed by atoms with Crippen molar-refractivity contribution in [2.45, 2.75) is 92.0 Å². The number of fused-ring (bicyclic) bond motifs is 1. The number of hydrogen-bond donors (Lipinski definition) is 0. The van der Waals surface area contributed by atoms with Crippen molar-refractivity contribution < 1.29 is 35.2 Å². The minimum atomic E-state index is -3.03. The maximum absolute atomic E-state index is 12.9. The molecule has 1 heterocycles. The van der Waals surface area contributed by atoms with Gasteiger partial charge in [-0.3, -0.25) is 4.57 Å². The van der Waals surface area contributed by atoms with Gasteiger partial charge in [-0.05, 0) is 56.0 Å². The van der Waals surface area contributed by atoms with Crippen molar-refractivity contribution >= 4 is 36.3 Å². The van der Waals surface area contributed by atoms with Crippen LogP contribution in [0.2, 0.25) is 0 Å². The summed E-state index contributed by atoms with van der Waals surface area (Å²) in [6.07, 6.45) is 18.1. The standard InChI is InChI=1S/C36H54N2O3P.BrH/c1-5-9-11-15-27-37(28-16-12-10-6-2)34-24-21-32(22-25-34)20-23-33-26-30-38(36-19-14-13-18-35(33)36)29-17-31-42(39,40-7-3)41-8-4;/h13-14,18-26,30H,5-12,15-17,27-29,31H2,1-4H3;1H/q+1;/p-1. The van der Waals surface area contributed by atoms with Crippen LogP contribution in [0.3, 0.4) is 0 Å². The summed E-state index contributed by atoms with van der Waals surface area (Å²) in [5.74, 6) is 0. The fourth-order valence-electron chi connectivity index (χ4n) is 5.45. The van der Waals surface area contributed by atoms with E-state index < -0.39 is 7.60 Å². The van der Waals surface area contributed by atoms with Crippen LogP contribution in [0.5, 0.6) is 0 Å². The van der Waals surface area contributed by atoms with Gasteiger partial charge < -0.3 is 30.9 Å². The van der Waals surface area contributed by atoms with Crippen LogP contribution in [0.25, 0.3) is 23.1 Å². The molecule has 0 saturated carbocycles. The lowest BCUT2D eigenvalue weighted by Crippen LogP contribution is -3.00. The third-order valence-corrected chi connectivity index (χ3v) is 9.88. The van der Waals surface area contributed by atoms with Crippen LogP contribution in [0.1, 0.15) is 96.6 Å². The summed E-state index contributed by atoms with van der Waals surface area (Å²) in [6.45, 7) is 12.1. The molecule has 0 saturated heterocycles. The Labute approximate surface area is 272 Å². The van der Waals surface area contributed by atoms with E-state index in [0.29, 0.717) is 19.4 Å². The lowest BCUT2D eigenvalue weighted by Gasteiger charge is -2.25. The Morgan fingerprint density at radius 3 is 1.98 bits per heavy atom. The van der Waals surface area contributed by atoms with Crippen molar-refractivity contribution in [3.05, 3.63) is 71.9 Å². The molecule has 0 amide bonds. The smallest absolute Gasteiger partial charge is 0.330 e. The number of rotatable bonds is 21. The zero-order valence-electron chi connectivity index (χ0n) is 27.0. The molecule has 7 heteroatoms. The average Bonchev–Trinajstić information content (AvgIpc) is 3.00. The molecule has 1 aromatic heterocycles. The van der Waals surface area contributed by atoms with E-state index in [-0.39, 0.29) is 17.0 Å². The highest BCUT2D eigenvalue weighted by atomic mass is 79.9. The van der Waals surface area contributed by atoms with Crippen molar-refractivity contribution in [2.24, 2.45) is 0 Å². The summed E-state index contributed by atoms with van der Waals surface area (Å²) < 4.78 is 26.1. The SMILES string of the molecule is CCCCCCN(CCCCCC)c1ccc(C=Cc2cc[n+](CCCP(=O)(OCC)OCC)c3ccccc23)cc1.[Br-]. The monoisotopic (exact) mass is 672 g/mol. The molecule has 0 N–H and O–H groups in total. The van der Waals surface area contributed by atoms with Crippen molar-refractivity contribution in [3.63, 3.8) is 0 Å². The third kappa shape index (κ3) is 12.5. The van der Waals surface area contributed by atoms with Gasteiger partial charge in [0.05, 0.1) is 24.8 Å². The van der Waals surface area contributed by atoms with Gasteiger partial charge in [-0.2, -0.15) is 4.57 Å². The Morgan fingerprint density at radius 2 is 1.37 bits per heavy atom. The number of pyridine rings is 1. The molecule has 0 aliphatic heterocycles. The predicted molar refractivity (Wildman–Crippen MR) is 180 cm³/mol. The van der Waals surface area contributed by atoms with E-state index in [9.17, 15) is 4.57 Å². The summed E-state index contributed by atoms with van der Waals surface area (Å²) in [4.78, 5) is 2.59. The van der Waals surface area contributed by atoms with Gasteiger partial charge in [0.15, 0.2) is 6.20 Å². The number of aryl methyl sites for hydroxylation is 1. The normalized spacial score (nSPS) is 11.7. The maximum atomic E-state index is 12.9. The number of para-hydroxylation sites is 1. The van der Waals surface area contributed by atoms with E-state index >= 15 is 0 Å². The maximum Gasteiger partial charge on any atom is 0.330 e. The van der Waals surface area contributed by atoms with Gasteiger partial charge in [-0.1, -0.05) is 88.8 Å². The van der Waals surface area contributed by atoms with Crippen molar-refractivity contribution in [1.29, 1.82) is 0 Å². The topological polar surface area (TPSA) is 42.7 Å². The molecule has 238 valence electrons. The molecule has 0 aliphatic carbocycles. The molecule has 0 aliphatic rings. The zero-order chi connectivity index (χ0) is 30.0. The van der Waals surface area contributed by atoms with Crippen molar-refractivity contribution in [3.8, 4) is 0 Å². The Balaban J connectivity index is 0.00000645.